The molecule has 0 spiro atoms. The van der Waals surface area contributed by atoms with Crippen molar-refractivity contribution in [2.75, 3.05) is 6.54 Å². The molecule has 0 aromatic heterocycles. The molecular formula is C15H22ClNO2S. The van der Waals surface area contributed by atoms with E-state index in [-0.39, 0.29) is 11.8 Å². The van der Waals surface area contributed by atoms with Crippen molar-refractivity contribution >= 4 is 21.6 Å². The molecule has 2 atom stereocenters. The van der Waals surface area contributed by atoms with E-state index in [1.165, 1.54) is 0 Å². The van der Waals surface area contributed by atoms with E-state index in [2.05, 4.69) is 6.92 Å². The fourth-order valence-electron chi connectivity index (χ4n) is 2.90. The van der Waals surface area contributed by atoms with Crippen molar-refractivity contribution in [3.05, 3.63) is 35.4 Å². The minimum atomic E-state index is -3.24. The van der Waals surface area contributed by atoms with Crippen LogP contribution in [-0.2, 0) is 21.7 Å². The minimum absolute atomic E-state index is 0.0659. The zero-order valence-corrected chi connectivity index (χ0v) is 13.6. The summed E-state index contributed by atoms with van der Waals surface area (Å²) in [6, 6.07) is 7.60. The Balaban J connectivity index is 2.14. The van der Waals surface area contributed by atoms with Gasteiger partial charge in [0.1, 0.15) is 0 Å². The van der Waals surface area contributed by atoms with Gasteiger partial charge in [-0.3, -0.25) is 0 Å². The quantitative estimate of drug-likeness (QED) is 0.799. The van der Waals surface area contributed by atoms with Crippen molar-refractivity contribution in [1.82, 2.24) is 4.31 Å². The molecule has 1 aliphatic rings. The normalized spacial score (nSPS) is 24.8. The van der Waals surface area contributed by atoms with E-state index in [1.807, 2.05) is 31.2 Å². The Kier molecular flexibility index (Phi) is 5.10. The average Bonchev–Trinajstić information content (AvgIpc) is 2.37. The summed E-state index contributed by atoms with van der Waals surface area (Å²) in [5, 5.41) is 0. The summed E-state index contributed by atoms with van der Waals surface area (Å²) in [6.45, 7) is 4.83. The molecule has 3 nitrogen and oxygen atoms in total. The van der Waals surface area contributed by atoms with Crippen LogP contribution in [0.3, 0.4) is 0 Å². The van der Waals surface area contributed by atoms with Crippen LogP contribution in [-0.4, -0.2) is 25.3 Å². The highest BCUT2D eigenvalue weighted by Crippen LogP contribution is 2.26. The zero-order chi connectivity index (χ0) is 14.8. The van der Waals surface area contributed by atoms with Crippen LogP contribution in [0.2, 0.25) is 0 Å². The molecule has 20 heavy (non-hydrogen) atoms. The third-order valence-electron chi connectivity index (χ3n) is 3.93. The van der Waals surface area contributed by atoms with Gasteiger partial charge >= 0.3 is 0 Å². The van der Waals surface area contributed by atoms with Gasteiger partial charge in [0, 0.05) is 18.5 Å². The lowest BCUT2D eigenvalue weighted by Crippen LogP contribution is -2.44. The molecule has 1 aromatic rings. The van der Waals surface area contributed by atoms with Crippen molar-refractivity contribution in [2.24, 2.45) is 5.92 Å². The van der Waals surface area contributed by atoms with Crippen LogP contribution in [0.4, 0.5) is 0 Å². The predicted molar refractivity (Wildman–Crippen MR) is 83.2 cm³/mol. The molecule has 0 amide bonds. The Bertz CT molecular complexity index is 559. The Morgan fingerprint density at radius 2 is 2.00 bits per heavy atom. The van der Waals surface area contributed by atoms with Gasteiger partial charge in [-0.2, -0.15) is 4.31 Å². The standard InChI is InChI=1S/C15H22ClNO2S/c1-12-6-7-17(13(2)8-12)20(18,19)11-15-5-3-4-14(9-15)10-16/h3-5,9,12-13H,6-8,10-11H2,1-2H3. The minimum Gasteiger partial charge on any atom is -0.212 e. The Hall–Kier alpha value is -0.580. The van der Waals surface area contributed by atoms with E-state index in [4.69, 9.17) is 11.6 Å². The molecule has 2 rings (SSSR count). The number of rotatable bonds is 4. The van der Waals surface area contributed by atoms with Crippen molar-refractivity contribution < 1.29 is 8.42 Å². The van der Waals surface area contributed by atoms with Crippen molar-refractivity contribution in [1.29, 1.82) is 0 Å². The van der Waals surface area contributed by atoms with E-state index in [0.717, 1.165) is 24.0 Å². The van der Waals surface area contributed by atoms with Crippen molar-refractivity contribution in [3.63, 3.8) is 0 Å². The lowest BCUT2D eigenvalue weighted by atomic mass is 9.95. The fourth-order valence-corrected chi connectivity index (χ4v) is 4.85. The van der Waals surface area contributed by atoms with Gasteiger partial charge in [0.25, 0.3) is 0 Å². The van der Waals surface area contributed by atoms with E-state index >= 15 is 0 Å². The predicted octanol–water partition coefficient (Wildman–Crippen LogP) is 3.38. The third kappa shape index (κ3) is 3.74. The smallest absolute Gasteiger partial charge is 0.212 e. The molecule has 5 heteroatoms. The molecule has 0 N–H and O–H groups in total. The van der Waals surface area contributed by atoms with E-state index in [0.29, 0.717) is 18.3 Å². The lowest BCUT2D eigenvalue weighted by Gasteiger charge is -2.35. The van der Waals surface area contributed by atoms with Gasteiger partial charge in [-0.05, 0) is 36.8 Å². The van der Waals surface area contributed by atoms with Gasteiger partial charge in [-0.1, -0.05) is 31.2 Å². The highest BCUT2D eigenvalue weighted by atomic mass is 35.5. The maximum absolute atomic E-state index is 12.6. The van der Waals surface area contributed by atoms with Crippen LogP contribution < -0.4 is 0 Å². The van der Waals surface area contributed by atoms with Gasteiger partial charge in [0.2, 0.25) is 10.0 Å². The van der Waals surface area contributed by atoms with Gasteiger partial charge < -0.3 is 0 Å². The Labute approximate surface area is 127 Å². The maximum atomic E-state index is 12.6. The van der Waals surface area contributed by atoms with Crippen LogP contribution >= 0.6 is 11.6 Å². The number of nitrogens with zero attached hydrogens (tertiary/aromatic N) is 1. The number of halogens is 1. The van der Waals surface area contributed by atoms with Gasteiger partial charge in [-0.25, -0.2) is 8.42 Å². The first-order chi connectivity index (χ1) is 9.42. The highest BCUT2D eigenvalue weighted by Gasteiger charge is 2.31. The molecule has 0 saturated carbocycles. The maximum Gasteiger partial charge on any atom is 0.218 e. The number of alkyl halides is 1. The topological polar surface area (TPSA) is 37.4 Å². The second kappa shape index (κ2) is 6.46. The van der Waals surface area contributed by atoms with Crippen LogP contribution in [0.1, 0.15) is 37.8 Å². The third-order valence-corrected chi connectivity index (χ3v) is 6.19. The summed E-state index contributed by atoms with van der Waals surface area (Å²) in [4.78, 5) is 0. The molecule has 1 aromatic carbocycles. The summed E-state index contributed by atoms with van der Waals surface area (Å²) in [5.74, 6) is 1.08. The summed E-state index contributed by atoms with van der Waals surface area (Å²) in [7, 11) is -3.24. The Morgan fingerprint density at radius 3 is 2.65 bits per heavy atom. The number of piperidine rings is 1. The second-order valence-corrected chi connectivity index (χ2v) is 7.99. The van der Waals surface area contributed by atoms with E-state index in [1.54, 1.807) is 4.31 Å². The van der Waals surface area contributed by atoms with E-state index < -0.39 is 10.0 Å². The number of benzene rings is 1. The van der Waals surface area contributed by atoms with Crippen LogP contribution in [0.5, 0.6) is 0 Å². The Morgan fingerprint density at radius 1 is 1.30 bits per heavy atom. The number of hydrogen-bond acceptors (Lipinski definition) is 2. The molecular weight excluding hydrogens is 294 g/mol. The van der Waals surface area contributed by atoms with E-state index in [9.17, 15) is 8.42 Å². The highest BCUT2D eigenvalue weighted by molar-refractivity contribution is 7.88. The summed E-state index contributed by atoms with van der Waals surface area (Å²) in [5.41, 5.74) is 1.77. The average molecular weight is 316 g/mol. The molecule has 1 heterocycles. The molecule has 0 radical (unpaired) electrons. The molecule has 1 saturated heterocycles. The first-order valence-electron chi connectivity index (χ1n) is 7.05. The van der Waals surface area contributed by atoms with Crippen molar-refractivity contribution in [2.45, 2.75) is 44.4 Å². The zero-order valence-electron chi connectivity index (χ0n) is 12.0. The largest absolute Gasteiger partial charge is 0.218 e. The molecule has 0 bridgehead atoms. The summed E-state index contributed by atoms with van der Waals surface area (Å²) < 4.78 is 26.8. The van der Waals surface area contributed by atoms with Crippen LogP contribution in [0.25, 0.3) is 0 Å². The molecule has 112 valence electrons. The van der Waals surface area contributed by atoms with Gasteiger partial charge in [-0.15, -0.1) is 11.6 Å². The van der Waals surface area contributed by atoms with Gasteiger partial charge in [0.15, 0.2) is 0 Å². The number of hydrogen-bond donors (Lipinski definition) is 0. The van der Waals surface area contributed by atoms with Gasteiger partial charge in [0.05, 0.1) is 5.75 Å². The molecule has 1 aliphatic heterocycles. The SMILES string of the molecule is CC1CCN(S(=O)(=O)Cc2cccc(CCl)c2)C(C)C1. The molecule has 0 aliphatic carbocycles. The summed E-state index contributed by atoms with van der Waals surface area (Å²) in [6.07, 6.45) is 1.90. The molecule has 2 unspecified atom stereocenters. The van der Waals surface area contributed by atoms with Crippen LogP contribution in [0.15, 0.2) is 24.3 Å². The van der Waals surface area contributed by atoms with Crippen LogP contribution in [0, 0.1) is 5.92 Å². The lowest BCUT2D eigenvalue weighted by molar-refractivity contribution is 0.220. The van der Waals surface area contributed by atoms with Crippen molar-refractivity contribution in [3.8, 4) is 0 Å². The first-order valence-corrected chi connectivity index (χ1v) is 9.20. The number of sulfonamides is 1. The monoisotopic (exact) mass is 315 g/mol. The first kappa shape index (κ1) is 15.8. The summed E-state index contributed by atoms with van der Waals surface area (Å²) >= 11 is 5.80. The molecule has 1 fully saturated rings. The fraction of sp³-hybridized carbons (Fsp3) is 0.600. The second-order valence-electron chi connectivity index (χ2n) is 5.80.